The smallest absolute Gasteiger partial charge is 0.322 e. The molecule has 2 rings (SSSR count). The largest absolute Gasteiger partial charge is 0.409 e. The lowest BCUT2D eigenvalue weighted by Crippen LogP contribution is -2.52. The van der Waals surface area contributed by atoms with E-state index in [0.29, 0.717) is 6.54 Å². The topological polar surface area (TPSA) is 91.0 Å². The van der Waals surface area contributed by atoms with Crippen molar-refractivity contribution in [1.82, 2.24) is 4.90 Å². The van der Waals surface area contributed by atoms with Gasteiger partial charge in [-0.25, -0.2) is 4.79 Å². The summed E-state index contributed by atoms with van der Waals surface area (Å²) in [5.41, 5.74) is 6.38. The maximum atomic E-state index is 12.2. The molecule has 0 spiro atoms. The number of rotatable bonds is 2. The number of amides is 2. The van der Waals surface area contributed by atoms with Crippen LogP contribution in [0.3, 0.4) is 0 Å². The Hall–Kier alpha value is -2.24. The monoisotopic (exact) mass is 262 g/mol. The van der Waals surface area contributed by atoms with Crippen LogP contribution in [0.25, 0.3) is 0 Å². The van der Waals surface area contributed by atoms with Gasteiger partial charge in [0.25, 0.3) is 0 Å². The summed E-state index contributed by atoms with van der Waals surface area (Å²) in [5, 5.41) is 14.6. The van der Waals surface area contributed by atoms with E-state index in [1.807, 2.05) is 30.3 Å². The number of piperidine rings is 1. The molecule has 2 amide bonds. The predicted octanol–water partition coefficient (Wildman–Crippen LogP) is 1.82. The van der Waals surface area contributed by atoms with E-state index in [1.54, 1.807) is 4.90 Å². The van der Waals surface area contributed by atoms with E-state index in [1.165, 1.54) is 0 Å². The quantitative estimate of drug-likeness (QED) is 0.328. The van der Waals surface area contributed by atoms with Gasteiger partial charge in [0.15, 0.2) is 5.84 Å². The maximum absolute atomic E-state index is 12.2. The summed E-state index contributed by atoms with van der Waals surface area (Å²) in [6.07, 6.45) is 2.62. The minimum absolute atomic E-state index is 0.0860. The first-order valence-corrected chi connectivity index (χ1v) is 6.32. The van der Waals surface area contributed by atoms with Crippen molar-refractivity contribution in [2.24, 2.45) is 10.9 Å². The zero-order chi connectivity index (χ0) is 13.7. The number of para-hydroxylation sites is 1. The fourth-order valence-electron chi connectivity index (χ4n) is 2.27. The molecule has 4 N–H and O–H groups in total. The Kier molecular flexibility index (Phi) is 4.22. The number of amidine groups is 1. The number of carbonyl (C=O) groups excluding carboxylic acids is 1. The molecule has 0 aromatic heterocycles. The summed E-state index contributed by atoms with van der Waals surface area (Å²) in [6.45, 7) is 0.611. The molecule has 0 aliphatic carbocycles. The summed E-state index contributed by atoms with van der Waals surface area (Å²) >= 11 is 0. The van der Waals surface area contributed by atoms with Gasteiger partial charge in [0, 0.05) is 12.2 Å². The first-order valence-electron chi connectivity index (χ1n) is 6.32. The van der Waals surface area contributed by atoms with Gasteiger partial charge in [-0.2, -0.15) is 0 Å². The molecule has 1 aliphatic heterocycles. The number of oxime groups is 1. The Morgan fingerprint density at radius 3 is 2.79 bits per heavy atom. The first-order chi connectivity index (χ1) is 9.22. The highest BCUT2D eigenvalue weighted by Gasteiger charge is 2.29. The van der Waals surface area contributed by atoms with Gasteiger partial charge in [0.1, 0.15) is 0 Å². The number of nitrogens with two attached hydrogens (primary N) is 1. The number of hydrogen-bond donors (Lipinski definition) is 3. The van der Waals surface area contributed by atoms with Crippen LogP contribution in [0.2, 0.25) is 0 Å². The number of carbonyl (C=O) groups is 1. The van der Waals surface area contributed by atoms with E-state index in [-0.39, 0.29) is 17.9 Å². The molecule has 102 valence electrons. The third kappa shape index (κ3) is 3.15. The van der Waals surface area contributed by atoms with Crippen molar-refractivity contribution in [3.05, 3.63) is 30.3 Å². The summed E-state index contributed by atoms with van der Waals surface area (Å²) in [6, 6.07) is 8.68. The van der Waals surface area contributed by atoms with Crippen molar-refractivity contribution < 1.29 is 10.0 Å². The van der Waals surface area contributed by atoms with E-state index in [2.05, 4.69) is 10.5 Å². The number of urea groups is 1. The Morgan fingerprint density at radius 2 is 2.11 bits per heavy atom. The van der Waals surface area contributed by atoms with Crippen LogP contribution in [0.15, 0.2) is 35.5 Å². The highest BCUT2D eigenvalue weighted by molar-refractivity contribution is 5.95. The van der Waals surface area contributed by atoms with E-state index in [9.17, 15) is 4.79 Å². The maximum Gasteiger partial charge on any atom is 0.322 e. The van der Waals surface area contributed by atoms with Gasteiger partial charge >= 0.3 is 6.03 Å². The highest BCUT2D eigenvalue weighted by Crippen LogP contribution is 2.18. The molecule has 1 saturated heterocycles. The van der Waals surface area contributed by atoms with E-state index >= 15 is 0 Å². The second kappa shape index (κ2) is 6.08. The molecule has 1 unspecified atom stereocenters. The minimum Gasteiger partial charge on any atom is -0.409 e. The third-order valence-electron chi connectivity index (χ3n) is 3.25. The number of benzene rings is 1. The van der Waals surface area contributed by atoms with Crippen LogP contribution in [-0.2, 0) is 0 Å². The summed E-state index contributed by atoms with van der Waals surface area (Å²) in [5.74, 6) is 0.0860. The number of nitrogens with zero attached hydrogens (tertiary/aromatic N) is 2. The second-order valence-electron chi connectivity index (χ2n) is 4.53. The lowest BCUT2D eigenvalue weighted by Gasteiger charge is -2.34. The van der Waals surface area contributed by atoms with Gasteiger partial charge in [0.05, 0.1) is 6.04 Å². The van der Waals surface area contributed by atoms with Gasteiger partial charge in [-0.1, -0.05) is 23.4 Å². The van der Waals surface area contributed by atoms with Crippen molar-refractivity contribution in [1.29, 1.82) is 0 Å². The van der Waals surface area contributed by atoms with E-state index < -0.39 is 0 Å². The van der Waals surface area contributed by atoms with Crippen molar-refractivity contribution in [3.8, 4) is 0 Å². The molecule has 1 aliphatic rings. The molecule has 1 heterocycles. The molecular weight excluding hydrogens is 244 g/mol. The van der Waals surface area contributed by atoms with Gasteiger partial charge in [-0.15, -0.1) is 0 Å². The molecule has 6 heteroatoms. The Balaban J connectivity index is 2.07. The Morgan fingerprint density at radius 1 is 1.37 bits per heavy atom. The standard InChI is InChI=1S/C13H18N4O2/c14-12(16-19)11-8-4-5-9-17(11)13(18)15-10-6-2-1-3-7-10/h1-3,6-7,11,19H,4-5,8-9H2,(H2,14,16)(H,15,18). The predicted molar refractivity (Wildman–Crippen MR) is 73.2 cm³/mol. The molecule has 1 aromatic rings. The van der Waals surface area contributed by atoms with Gasteiger partial charge in [-0.05, 0) is 31.4 Å². The number of likely N-dealkylation sites (tertiary alicyclic amines) is 1. The summed E-state index contributed by atoms with van der Waals surface area (Å²) < 4.78 is 0. The van der Waals surface area contributed by atoms with Crippen LogP contribution in [0.5, 0.6) is 0 Å². The van der Waals surface area contributed by atoms with Gasteiger partial charge in [-0.3, -0.25) is 0 Å². The Labute approximate surface area is 111 Å². The molecule has 6 nitrogen and oxygen atoms in total. The van der Waals surface area contributed by atoms with Crippen LogP contribution >= 0.6 is 0 Å². The number of nitrogens with one attached hydrogen (secondary N) is 1. The normalized spacial score (nSPS) is 20.1. The van der Waals surface area contributed by atoms with Crippen molar-refractivity contribution >= 4 is 17.6 Å². The lowest BCUT2D eigenvalue weighted by molar-refractivity contribution is 0.183. The average Bonchev–Trinajstić information content (AvgIpc) is 2.47. The first kappa shape index (κ1) is 13.2. The van der Waals surface area contributed by atoms with Gasteiger partial charge in [0.2, 0.25) is 0 Å². The van der Waals surface area contributed by atoms with Crippen LogP contribution in [0, 0.1) is 0 Å². The zero-order valence-electron chi connectivity index (χ0n) is 10.6. The third-order valence-corrected chi connectivity index (χ3v) is 3.25. The van der Waals surface area contributed by atoms with Crippen molar-refractivity contribution in [2.75, 3.05) is 11.9 Å². The minimum atomic E-state index is -0.331. The van der Waals surface area contributed by atoms with E-state index in [4.69, 9.17) is 10.9 Å². The molecule has 0 radical (unpaired) electrons. The molecule has 1 atom stereocenters. The molecule has 19 heavy (non-hydrogen) atoms. The summed E-state index contributed by atoms with van der Waals surface area (Å²) in [4.78, 5) is 13.8. The lowest BCUT2D eigenvalue weighted by atomic mass is 10.0. The van der Waals surface area contributed by atoms with Gasteiger partial charge < -0.3 is 21.2 Å². The molecule has 0 saturated carbocycles. The number of anilines is 1. The van der Waals surface area contributed by atoms with Crippen molar-refractivity contribution in [2.45, 2.75) is 25.3 Å². The average molecular weight is 262 g/mol. The van der Waals surface area contributed by atoms with Crippen LogP contribution < -0.4 is 11.1 Å². The Bertz CT molecular complexity index is 461. The van der Waals surface area contributed by atoms with Crippen LogP contribution in [0.4, 0.5) is 10.5 Å². The SMILES string of the molecule is NC(=NO)C1CCCCN1C(=O)Nc1ccccc1. The fraction of sp³-hybridized carbons (Fsp3) is 0.385. The van der Waals surface area contributed by atoms with Crippen LogP contribution in [0.1, 0.15) is 19.3 Å². The molecular formula is C13H18N4O2. The molecule has 1 fully saturated rings. The number of hydrogen-bond acceptors (Lipinski definition) is 3. The molecule has 1 aromatic carbocycles. The van der Waals surface area contributed by atoms with Crippen molar-refractivity contribution in [3.63, 3.8) is 0 Å². The zero-order valence-corrected chi connectivity index (χ0v) is 10.6. The highest BCUT2D eigenvalue weighted by atomic mass is 16.4. The second-order valence-corrected chi connectivity index (χ2v) is 4.53. The molecule has 0 bridgehead atoms. The fourth-order valence-corrected chi connectivity index (χ4v) is 2.27. The van der Waals surface area contributed by atoms with Crippen LogP contribution in [-0.4, -0.2) is 34.6 Å². The summed E-state index contributed by atoms with van der Waals surface area (Å²) in [7, 11) is 0. The van der Waals surface area contributed by atoms with E-state index in [0.717, 1.165) is 24.9 Å².